The van der Waals surface area contributed by atoms with Crippen molar-refractivity contribution in [3.05, 3.63) is 106 Å². The van der Waals surface area contributed by atoms with Crippen LogP contribution >= 0.6 is 11.6 Å². The molecular formula is C28H24ClN3O4. The van der Waals surface area contributed by atoms with E-state index in [1.807, 2.05) is 34.9 Å². The average molecular weight is 502 g/mol. The van der Waals surface area contributed by atoms with Crippen LogP contribution in [0, 0.1) is 0 Å². The Morgan fingerprint density at radius 1 is 0.917 bits per heavy atom. The maximum absolute atomic E-state index is 13.6. The summed E-state index contributed by atoms with van der Waals surface area (Å²) in [7, 11) is 2.99. The molecule has 0 aliphatic carbocycles. The Bertz CT molecular complexity index is 1420. The minimum atomic E-state index is -0.612. The van der Waals surface area contributed by atoms with Crippen molar-refractivity contribution in [3.8, 4) is 11.5 Å². The van der Waals surface area contributed by atoms with Gasteiger partial charge in [-0.3, -0.25) is 9.59 Å². The number of para-hydroxylation sites is 1. The molecular weight excluding hydrogens is 478 g/mol. The SMILES string of the molecule is COc1cccc(OC)c1C(=O)Nc1ccc(C(=O)C2Nc3ccccc3Cn3c(Cl)ccc32)cc1. The Morgan fingerprint density at radius 2 is 1.61 bits per heavy atom. The fourth-order valence-corrected chi connectivity index (χ4v) is 4.65. The largest absolute Gasteiger partial charge is 0.496 e. The molecule has 4 aromatic rings. The first-order valence-electron chi connectivity index (χ1n) is 11.4. The minimum absolute atomic E-state index is 0.105. The predicted molar refractivity (Wildman–Crippen MR) is 140 cm³/mol. The Balaban J connectivity index is 1.40. The molecule has 1 unspecified atom stereocenters. The number of amides is 1. The van der Waals surface area contributed by atoms with Gasteiger partial charge in [0.05, 0.1) is 20.8 Å². The van der Waals surface area contributed by atoms with E-state index in [4.69, 9.17) is 21.1 Å². The lowest BCUT2D eigenvalue weighted by molar-refractivity contribution is 0.0966. The van der Waals surface area contributed by atoms with Crippen LogP contribution in [0.3, 0.4) is 0 Å². The van der Waals surface area contributed by atoms with Crippen LogP contribution < -0.4 is 20.1 Å². The standard InChI is InChI=1S/C28H24ClN3O4/c1-35-22-8-5-9-23(36-2)25(22)28(34)30-19-12-10-17(11-13-19)27(33)26-21-14-15-24(29)32(21)16-18-6-3-4-7-20(18)31-26/h3-15,26,31H,16H2,1-2H3,(H,30,34). The number of hydrogen-bond acceptors (Lipinski definition) is 5. The number of nitrogens with zero attached hydrogens (tertiary/aromatic N) is 1. The van der Waals surface area contributed by atoms with Crippen molar-refractivity contribution in [2.24, 2.45) is 0 Å². The fraction of sp³-hybridized carbons (Fsp3) is 0.143. The summed E-state index contributed by atoms with van der Waals surface area (Å²) >= 11 is 6.44. The summed E-state index contributed by atoms with van der Waals surface area (Å²) in [5.74, 6) is 0.324. The van der Waals surface area contributed by atoms with Gasteiger partial charge in [0.25, 0.3) is 5.91 Å². The van der Waals surface area contributed by atoms with Gasteiger partial charge in [0.1, 0.15) is 28.3 Å². The molecule has 182 valence electrons. The summed E-state index contributed by atoms with van der Waals surface area (Å²) in [5.41, 5.74) is 4.07. The maximum atomic E-state index is 13.6. The highest BCUT2D eigenvalue weighted by molar-refractivity contribution is 6.29. The van der Waals surface area contributed by atoms with E-state index in [0.29, 0.717) is 40.0 Å². The topological polar surface area (TPSA) is 81.6 Å². The first-order chi connectivity index (χ1) is 17.5. The summed E-state index contributed by atoms with van der Waals surface area (Å²) in [4.78, 5) is 26.6. The first kappa shape index (κ1) is 23.5. The third-order valence-electron chi connectivity index (χ3n) is 6.25. The Labute approximate surface area is 213 Å². The summed E-state index contributed by atoms with van der Waals surface area (Å²) in [6.45, 7) is 0.575. The molecule has 3 aromatic carbocycles. The minimum Gasteiger partial charge on any atom is -0.496 e. The second-order valence-corrected chi connectivity index (χ2v) is 8.72. The summed E-state index contributed by atoms with van der Waals surface area (Å²) in [6.07, 6.45) is 0. The normalized spacial score (nSPS) is 14.0. The van der Waals surface area contributed by atoms with Crippen LogP contribution in [0.2, 0.25) is 5.15 Å². The zero-order chi connectivity index (χ0) is 25.2. The Kier molecular flexibility index (Phi) is 6.40. The number of carbonyl (C=O) groups excluding carboxylic acids is 2. The van der Waals surface area contributed by atoms with E-state index in [9.17, 15) is 9.59 Å². The number of ether oxygens (including phenoxy) is 2. The molecule has 1 amide bonds. The third-order valence-corrected chi connectivity index (χ3v) is 6.58. The summed E-state index contributed by atoms with van der Waals surface area (Å²) < 4.78 is 12.6. The number of methoxy groups -OCH3 is 2. The molecule has 0 saturated heterocycles. The summed E-state index contributed by atoms with van der Waals surface area (Å²) in [6, 6.07) is 22.9. The number of rotatable bonds is 6. The van der Waals surface area contributed by atoms with Gasteiger partial charge in [-0.1, -0.05) is 35.9 Å². The van der Waals surface area contributed by atoms with E-state index in [2.05, 4.69) is 10.6 Å². The zero-order valence-electron chi connectivity index (χ0n) is 19.7. The average Bonchev–Trinajstić information content (AvgIpc) is 3.17. The van der Waals surface area contributed by atoms with Gasteiger partial charge in [0.2, 0.25) is 0 Å². The van der Waals surface area contributed by atoms with Crippen molar-refractivity contribution >= 4 is 34.7 Å². The van der Waals surface area contributed by atoms with Crippen LogP contribution in [0.1, 0.15) is 38.0 Å². The number of benzene rings is 3. The van der Waals surface area contributed by atoms with E-state index in [1.54, 1.807) is 48.5 Å². The molecule has 7 nitrogen and oxygen atoms in total. The number of fused-ring (bicyclic) bond motifs is 2. The molecule has 0 radical (unpaired) electrons. The molecule has 2 N–H and O–H groups in total. The molecule has 1 atom stereocenters. The first-order valence-corrected chi connectivity index (χ1v) is 11.7. The number of carbonyl (C=O) groups is 2. The monoisotopic (exact) mass is 501 g/mol. The molecule has 0 bridgehead atoms. The third kappa shape index (κ3) is 4.29. The van der Waals surface area contributed by atoms with Gasteiger partial charge >= 0.3 is 0 Å². The molecule has 0 fully saturated rings. The van der Waals surface area contributed by atoms with Gasteiger partial charge in [0.15, 0.2) is 5.78 Å². The highest BCUT2D eigenvalue weighted by Crippen LogP contribution is 2.34. The zero-order valence-corrected chi connectivity index (χ0v) is 20.5. The molecule has 0 spiro atoms. The van der Waals surface area contributed by atoms with Crippen molar-refractivity contribution in [1.29, 1.82) is 0 Å². The van der Waals surface area contributed by atoms with E-state index in [1.165, 1.54) is 14.2 Å². The van der Waals surface area contributed by atoms with Gasteiger partial charge in [-0.25, -0.2) is 0 Å². The molecule has 5 rings (SSSR count). The van der Waals surface area contributed by atoms with Crippen LogP contribution in [-0.4, -0.2) is 30.5 Å². The lowest BCUT2D eigenvalue weighted by atomic mass is 10.0. The van der Waals surface area contributed by atoms with Crippen LogP contribution in [0.4, 0.5) is 11.4 Å². The second-order valence-electron chi connectivity index (χ2n) is 8.33. The van der Waals surface area contributed by atoms with Crippen molar-refractivity contribution in [2.75, 3.05) is 24.9 Å². The van der Waals surface area contributed by atoms with Crippen molar-refractivity contribution < 1.29 is 19.1 Å². The van der Waals surface area contributed by atoms with Gasteiger partial charge < -0.3 is 24.7 Å². The lowest BCUT2D eigenvalue weighted by Crippen LogP contribution is -2.22. The maximum Gasteiger partial charge on any atom is 0.263 e. The smallest absolute Gasteiger partial charge is 0.263 e. The number of ketones is 1. The lowest BCUT2D eigenvalue weighted by Gasteiger charge is -2.18. The number of anilines is 2. The quantitative estimate of drug-likeness (QED) is 0.326. The van der Waals surface area contributed by atoms with E-state index < -0.39 is 6.04 Å². The van der Waals surface area contributed by atoms with Gasteiger partial charge in [-0.15, -0.1) is 0 Å². The van der Waals surface area contributed by atoms with Crippen molar-refractivity contribution in [2.45, 2.75) is 12.6 Å². The van der Waals surface area contributed by atoms with Gasteiger partial charge in [-0.2, -0.15) is 0 Å². The predicted octanol–water partition coefficient (Wildman–Crippen LogP) is 5.81. The molecule has 36 heavy (non-hydrogen) atoms. The molecule has 2 heterocycles. The van der Waals surface area contributed by atoms with Crippen molar-refractivity contribution in [1.82, 2.24) is 4.57 Å². The van der Waals surface area contributed by atoms with E-state index >= 15 is 0 Å². The van der Waals surface area contributed by atoms with Crippen molar-refractivity contribution in [3.63, 3.8) is 0 Å². The molecule has 1 aliphatic heterocycles. The molecule has 0 saturated carbocycles. The molecule has 8 heteroatoms. The Morgan fingerprint density at radius 3 is 2.31 bits per heavy atom. The Hall–Kier alpha value is -4.23. The van der Waals surface area contributed by atoms with Crippen LogP contribution in [0.5, 0.6) is 11.5 Å². The number of nitrogens with one attached hydrogen (secondary N) is 2. The van der Waals surface area contributed by atoms with E-state index in [0.717, 1.165) is 16.9 Å². The number of aromatic nitrogens is 1. The number of Topliss-reactive ketones (excluding diaryl/α,β-unsaturated/α-hetero) is 1. The highest BCUT2D eigenvalue weighted by atomic mass is 35.5. The van der Waals surface area contributed by atoms with Crippen LogP contribution in [0.15, 0.2) is 78.9 Å². The number of halogens is 1. The van der Waals surface area contributed by atoms with Crippen LogP contribution in [-0.2, 0) is 6.54 Å². The second kappa shape index (κ2) is 9.79. The fourth-order valence-electron chi connectivity index (χ4n) is 4.43. The highest BCUT2D eigenvalue weighted by Gasteiger charge is 2.29. The van der Waals surface area contributed by atoms with E-state index in [-0.39, 0.29) is 11.7 Å². The van der Waals surface area contributed by atoms with Gasteiger partial charge in [0, 0.05) is 22.6 Å². The van der Waals surface area contributed by atoms with Gasteiger partial charge in [-0.05, 0) is 60.2 Å². The molecule has 1 aliphatic rings. The van der Waals surface area contributed by atoms with Crippen LogP contribution in [0.25, 0.3) is 0 Å². The molecule has 1 aromatic heterocycles. The number of hydrogen-bond donors (Lipinski definition) is 2. The summed E-state index contributed by atoms with van der Waals surface area (Å²) in [5, 5.41) is 6.82.